The molecule has 0 N–H and O–H groups in total. The van der Waals surface area contributed by atoms with Crippen LogP contribution in [0.1, 0.15) is 0 Å². The van der Waals surface area contributed by atoms with Crippen LogP contribution in [0.25, 0.3) is 142 Å². The van der Waals surface area contributed by atoms with Crippen molar-refractivity contribution < 1.29 is 4.42 Å². The summed E-state index contributed by atoms with van der Waals surface area (Å²) in [5, 5.41) is 8.98. The number of nitrogens with zero attached hydrogens (tertiary/aromatic N) is 5. The first-order valence-corrected chi connectivity index (χ1v) is 24.3. The molecule has 0 radical (unpaired) electrons. The number of fused-ring (bicyclic) bond motifs is 12. The van der Waals surface area contributed by atoms with Crippen LogP contribution in [0.3, 0.4) is 0 Å². The molecule has 7 heteroatoms. The quantitative estimate of drug-likeness (QED) is 0.167. The third-order valence-electron chi connectivity index (χ3n) is 14.0. The molecule has 0 saturated carbocycles. The summed E-state index contributed by atoms with van der Waals surface area (Å²) in [7, 11) is 0. The van der Waals surface area contributed by atoms with E-state index in [9.17, 15) is 0 Å². The second-order valence-electron chi connectivity index (χ2n) is 17.9. The van der Waals surface area contributed by atoms with E-state index in [1.165, 1.54) is 36.7 Å². The summed E-state index contributed by atoms with van der Waals surface area (Å²) < 4.78 is 13.6. The maximum absolute atomic E-state index is 6.28. The average Bonchev–Trinajstić information content (AvgIpc) is 4.19. The third-order valence-corrected chi connectivity index (χ3v) is 15.1. The summed E-state index contributed by atoms with van der Waals surface area (Å²) in [5.41, 5.74) is 13.4. The smallest absolute Gasteiger partial charge is 0.164 e. The largest absolute Gasteiger partial charge is 0.456 e. The van der Waals surface area contributed by atoms with Gasteiger partial charge in [-0.2, -0.15) is 0 Å². The van der Waals surface area contributed by atoms with E-state index in [1.807, 2.05) is 18.2 Å². The van der Waals surface area contributed by atoms with Crippen LogP contribution in [0.2, 0.25) is 0 Å². The fourth-order valence-electron chi connectivity index (χ4n) is 10.9. The van der Waals surface area contributed by atoms with Crippen LogP contribution in [0.15, 0.2) is 229 Å². The van der Waals surface area contributed by atoms with Crippen molar-refractivity contribution in [2.45, 2.75) is 0 Å². The highest BCUT2D eigenvalue weighted by Crippen LogP contribution is 2.44. The van der Waals surface area contributed by atoms with E-state index in [1.54, 1.807) is 11.3 Å². The highest BCUT2D eigenvalue weighted by molar-refractivity contribution is 7.25. The second kappa shape index (κ2) is 15.2. The lowest BCUT2D eigenvalue weighted by Gasteiger charge is -2.15. The van der Waals surface area contributed by atoms with Gasteiger partial charge in [0.2, 0.25) is 0 Å². The zero-order valence-electron chi connectivity index (χ0n) is 37.4. The summed E-state index contributed by atoms with van der Waals surface area (Å²) >= 11 is 1.79. The lowest BCUT2D eigenvalue weighted by Crippen LogP contribution is -2.02. The molecule has 0 bridgehead atoms. The molecule has 0 unspecified atom stereocenters. The van der Waals surface area contributed by atoms with Gasteiger partial charge in [0.05, 0.1) is 27.8 Å². The van der Waals surface area contributed by atoms with Crippen molar-refractivity contribution in [1.29, 1.82) is 0 Å². The van der Waals surface area contributed by atoms with Crippen LogP contribution in [0.4, 0.5) is 0 Å². The maximum atomic E-state index is 6.28. The molecule has 15 rings (SSSR count). The molecule has 0 atom stereocenters. The molecule has 0 aliphatic carbocycles. The van der Waals surface area contributed by atoms with E-state index in [0.29, 0.717) is 17.5 Å². The van der Waals surface area contributed by atoms with Crippen molar-refractivity contribution in [2.24, 2.45) is 0 Å². The van der Waals surface area contributed by atoms with E-state index >= 15 is 0 Å². The highest BCUT2D eigenvalue weighted by atomic mass is 32.1. The van der Waals surface area contributed by atoms with Crippen LogP contribution >= 0.6 is 11.3 Å². The lowest BCUT2D eigenvalue weighted by molar-refractivity contribution is 0.669. The molecule has 326 valence electrons. The van der Waals surface area contributed by atoms with Gasteiger partial charge >= 0.3 is 0 Å². The van der Waals surface area contributed by atoms with Crippen LogP contribution < -0.4 is 0 Å². The van der Waals surface area contributed by atoms with E-state index in [4.69, 9.17) is 19.4 Å². The van der Waals surface area contributed by atoms with Gasteiger partial charge in [-0.3, -0.25) is 0 Å². The van der Waals surface area contributed by atoms with Crippen molar-refractivity contribution in [3.05, 3.63) is 224 Å². The lowest BCUT2D eigenvalue weighted by atomic mass is 10.0. The number of aromatic nitrogens is 5. The molecular formula is C63H37N5OS. The van der Waals surface area contributed by atoms with Crippen LogP contribution in [-0.2, 0) is 0 Å². The SMILES string of the molecule is c1ccc(-c2cccc(-n3c4ccccc4c4cccc(-n5c6ccccc6c6c(-c7nc(-c8ccc9oc%10ccccc%10c9c8)nc(-c8cccc9sc%10ccccc%10c89)n7)cccc65)c43)c2)cc1. The van der Waals surface area contributed by atoms with E-state index < -0.39 is 0 Å². The first kappa shape index (κ1) is 38.9. The predicted octanol–water partition coefficient (Wildman–Crippen LogP) is 17.0. The van der Waals surface area contributed by atoms with E-state index in [-0.39, 0.29) is 0 Å². The molecule has 5 heterocycles. The Balaban J connectivity index is 1.00. The molecule has 5 aromatic heterocycles. The monoisotopic (exact) mass is 911 g/mol. The fourth-order valence-corrected chi connectivity index (χ4v) is 12.1. The normalized spacial score (nSPS) is 12.0. The summed E-state index contributed by atoms with van der Waals surface area (Å²) in [4.78, 5) is 16.3. The Morgan fingerprint density at radius 1 is 0.343 bits per heavy atom. The Morgan fingerprint density at radius 2 is 0.943 bits per heavy atom. The first-order valence-electron chi connectivity index (χ1n) is 23.5. The number of hydrogen-bond acceptors (Lipinski definition) is 5. The van der Waals surface area contributed by atoms with Gasteiger partial charge < -0.3 is 13.6 Å². The van der Waals surface area contributed by atoms with Crippen LogP contribution in [-0.4, -0.2) is 24.1 Å². The van der Waals surface area contributed by atoms with Crippen molar-refractivity contribution in [3.8, 4) is 56.7 Å². The molecule has 0 spiro atoms. The van der Waals surface area contributed by atoms with Gasteiger partial charge in [0.25, 0.3) is 0 Å². The fraction of sp³-hybridized carbons (Fsp3) is 0. The van der Waals surface area contributed by atoms with Crippen LogP contribution in [0.5, 0.6) is 0 Å². The molecular weight excluding hydrogens is 875 g/mol. The summed E-state index contributed by atoms with van der Waals surface area (Å²) in [6.45, 7) is 0. The van der Waals surface area contributed by atoms with Gasteiger partial charge in [-0.15, -0.1) is 11.3 Å². The van der Waals surface area contributed by atoms with Crippen molar-refractivity contribution >= 4 is 97.1 Å². The molecule has 0 aliphatic rings. The standard InChI is InChI=1S/C63H37N5OS/c1-2-16-38(17-3-1)39-18-12-19-41(36-39)67-50-27-8-4-20-42(50)44-24-13-30-53(60(44)67)68-51-28-9-5-22-45(51)58-47(25-14-29-52(58)68)62-64-61(40-34-35-55-49(37-40)43-21-6-10-31-54(43)69-55)65-63(66-62)48-26-15-33-57-59(48)46-23-7-11-32-56(46)70-57/h1-37H. The minimum Gasteiger partial charge on any atom is -0.456 e. The minimum absolute atomic E-state index is 0.594. The van der Waals surface area contributed by atoms with Crippen LogP contribution in [0, 0.1) is 0 Å². The number of benzene rings is 10. The van der Waals surface area contributed by atoms with Crippen molar-refractivity contribution in [3.63, 3.8) is 0 Å². The molecule has 6 nitrogen and oxygen atoms in total. The summed E-state index contributed by atoms with van der Waals surface area (Å²) in [6.07, 6.45) is 0. The summed E-state index contributed by atoms with van der Waals surface area (Å²) in [5.74, 6) is 1.82. The zero-order chi connectivity index (χ0) is 45.9. The molecule has 15 aromatic rings. The summed E-state index contributed by atoms with van der Waals surface area (Å²) in [6, 6.07) is 79.8. The number of hydrogen-bond donors (Lipinski definition) is 0. The Labute approximate surface area is 404 Å². The first-order chi connectivity index (χ1) is 34.7. The van der Waals surface area contributed by atoms with Gasteiger partial charge in [-0.25, -0.2) is 15.0 Å². The molecule has 0 amide bonds. The number of para-hydroxylation sites is 4. The van der Waals surface area contributed by atoms with Gasteiger partial charge in [0.15, 0.2) is 17.5 Å². The number of furan rings is 1. The van der Waals surface area contributed by atoms with E-state index in [2.05, 4.69) is 215 Å². The Hall–Kier alpha value is -9.17. The molecule has 0 aliphatic heterocycles. The molecule has 70 heavy (non-hydrogen) atoms. The third kappa shape index (κ3) is 5.82. The van der Waals surface area contributed by atoms with Gasteiger partial charge in [0.1, 0.15) is 11.2 Å². The predicted molar refractivity (Wildman–Crippen MR) is 290 cm³/mol. The van der Waals surface area contributed by atoms with Gasteiger partial charge in [-0.1, -0.05) is 152 Å². The molecule has 0 saturated heterocycles. The van der Waals surface area contributed by atoms with Crippen molar-refractivity contribution in [2.75, 3.05) is 0 Å². The minimum atomic E-state index is 0.594. The van der Waals surface area contributed by atoms with E-state index in [0.717, 1.165) is 88.2 Å². The maximum Gasteiger partial charge on any atom is 0.164 e. The van der Waals surface area contributed by atoms with Gasteiger partial charge in [-0.05, 0) is 83.9 Å². The molecule has 0 fully saturated rings. The highest BCUT2D eigenvalue weighted by Gasteiger charge is 2.24. The Bertz CT molecular complexity index is 4610. The molecule has 10 aromatic carbocycles. The van der Waals surface area contributed by atoms with Crippen molar-refractivity contribution in [1.82, 2.24) is 24.1 Å². The second-order valence-corrected chi connectivity index (χ2v) is 19.0. The number of rotatable bonds is 6. The topological polar surface area (TPSA) is 61.7 Å². The Morgan fingerprint density at radius 3 is 1.80 bits per heavy atom. The Kier molecular flexibility index (Phi) is 8.43. The van der Waals surface area contributed by atoms with Gasteiger partial charge in [0, 0.05) is 74.9 Å². The number of thiophene rings is 1. The zero-order valence-corrected chi connectivity index (χ0v) is 38.2. The average molecular weight is 912 g/mol.